The third-order valence-electron chi connectivity index (χ3n) is 3.13. The van der Waals surface area contributed by atoms with Crippen molar-refractivity contribution in [3.63, 3.8) is 0 Å². The minimum atomic E-state index is 0.840. The van der Waals surface area contributed by atoms with Crippen molar-refractivity contribution in [3.05, 3.63) is 33.2 Å². The zero-order valence-corrected chi connectivity index (χ0v) is 14.0. The largest absolute Gasteiger partial charge is 0.370 e. The van der Waals surface area contributed by atoms with Crippen LogP contribution in [0.2, 0.25) is 4.34 Å². The molecule has 0 unspecified atom stereocenters. The molecule has 0 amide bonds. The molecule has 0 bridgehead atoms. The highest BCUT2D eigenvalue weighted by Gasteiger charge is 2.09. The summed E-state index contributed by atoms with van der Waals surface area (Å²) >= 11 is 7.57. The molecule has 2 N–H and O–H groups in total. The Hall–Kier alpha value is -1.33. The molecule has 2 rings (SSSR count). The first-order chi connectivity index (χ1) is 10.2. The summed E-state index contributed by atoms with van der Waals surface area (Å²) in [6.07, 6.45) is 4.54. The number of anilines is 2. The summed E-state index contributed by atoms with van der Waals surface area (Å²) in [6.45, 7) is 6.04. The van der Waals surface area contributed by atoms with Gasteiger partial charge in [-0.3, -0.25) is 0 Å². The van der Waals surface area contributed by atoms with Gasteiger partial charge >= 0.3 is 0 Å². The third-order valence-corrected chi connectivity index (χ3v) is 4.42. The predicted molar refractivity (Wildman–Crippen MR) is 91.7 cm³/mol. The minimum absolute atomic E-state index is 0.840. The number of rotatable bonds is 8. The van der Waals surface area contributed by atoms with E-state index in [1.165, 1.54) is 4.88 Å². The number of thiophene rings is 1. The lowest BCUT2D eigenvalue weighted by atomic mass is 10.2. The molecule has 0 aliphatic rings. The molecule has 0 aliphatic carbocycles. The van der Waals surface area contributed by atoms with Gasteiger partial charge in [0.25, 0.3) is 0 Å². The highest BCUT2D eigenvalue weighted by atomic mass is 35.5. The van der Waals surface area contributed by atoms with E-state index in [0.717, 1.165) is 53.9 Å². The first kappa shape index (κ1) is 16.0. The summed E-state index contributed by atoms with van der Waals surface area (Å²) in [4.78, 5) is 9.99. The van der Waals surface area contributed by atoms with Gasteiger partial charge in [0.2, 0.25) is 0 Å². The fraction of sp³-hybridized carbons (Fsp3) is 0.467. The van der Waals surface area contributed by atoms with Gasteiger partial charge in [0.1, 0.15) is 18.0 Å². The minimum Gasteiger partial charge on any atom is -0.370 e. The van der Waals surface area contributed by atoms with Crippen molar-refractivity contribution in [2.45, 2.75) is 33.1 Å². The van der Waals surface area contributed by atoms with Crippen LogP contribution in [0.25, 0.3) is 0 Å². The van der Waals surface area contributed by atoms with Crippen LogP contribution in [0.1, 0.15) is 30.7 Å². The van der Waals surface area contributed by atoms with Crippen LogP contribution in [0.15, 0.2) is 18.5 Å². The lowest BCUT2D eigenvalue weighted by Crippen LogP contribution is -2.12. The van der Waals surface area contributed by atoms with E-state index in [0.29, 0.717) is 0 Å². The van der Waals surface area contributed by atoms with Crippen LogP contribution in [0.3, 0.4) is 0 Å². The highest BCUT2D eigenvalue weighted by molar-refractivity contribution is 7.16. The van der Waals surface area contributed by atoms with Crippen LogP contribution in [0.5, 0.6) is 0 Å². The maximum atomic E-state index is 5.94. The molecule has 0 saturated heterocycles. The summed E-state index contributed by atoms with van der Waals surface area (Å²) in [5, 5.41) is 6.77. The summed E-state index contributed by atoms with van der Waals surface area (Å²) < 4.78 is 0.840. The molecule has 0 spiro atoms. The molecule has 2 aromatic heterocycles. The monoisotopic (exact) mass is 324 g/mol. The Labute approximate surface area is 135 Å². The van der Waals surface area contributed by atoms with Gasteiger partial charge in [-0.2, -0.15) is 0 Å². The number of hydrogen-bond donors (Lipinski definition) is 2. The zero-order valence-electron chi connectivity index (χ0n) is 12.4. The van der Waals surface area contributed by atoms with Gasteiger partial charge in [0.05, 0.1) is 4.34 Å². The van der Waals surface area contributed by atoms with Crippen LogP contribution in [0, 0.1) is 0 Å². The molecule has 0 aromatic carbocycles. The Morgan fingerprint density at radius 2 is 1.81 bits per heavy atom. The summed E-state index contributed by atoms with van der Waals surface area (Å²) in [5.41, 5.74) is 1.15. The highest BCUT2D eigenvalue weighted by Crippen LogP contribution is 2.23. The number of aromatic nitrogens is 2. The molecule has 2 heterocycles. The molecular weight excluding hydrogens is 304 g/mol. The summed E-state index contributed by atoms with van der Waals surface area (Å²) in [6, 6.07) is 4.01. The fourth-order valence-corrected chi connectivity index (χ4v) is 3.17. The van der Waals surface area contributed by atoms with Crippen molar-refractivity contribution in [2.75, 3.05) is 23.7 Å². The van der Waals surface area contributed by atoms with E-state index >= 15 is 0 Å². The average molecular weight is 325 g/mol. The van der Waals surface area contributed by atoms with Crippen molar-refractivity contribution in [1.82, 2.24) is 9.97 Å². The standard InChI is InChI=1S/C15H21ClN4S/c1-3-8-17-14-12(4-2)15(20-10-19-14)18-9-7-11-5-6-13(16)21-11/h5-6,10H,3-4,7-9H2,1-2H3,(H2,17,18,19,20). The molecule has 0 radical (unpaired) electrons. The number of halogens is 1. The van der Waals surface area contributed by atoms with Gasteiger partial charge in [-0.15, -0.1) is 11.3 Å². The molecule has 2 aromatic rings. The second-order valence-corrected chi connectivity index (χ2v) is 6.51. The Morgan fingerprint density at radius 1 is 1.10 bits per heavy atom. The Bertz CT molecular complexity index is 571. The SMILES string of the molecule is CCCNc1ncnc(NCCc2ccc(Cl)s2)c1CC. The van der Waals surface area contributed by atoms with Gasteiger partial charge in [0.15, 0.2) is 0 Å². The fourth-order valence-electron chi connectivity index (χ4n) is 2.09. The molecule has 4 nitrogen and oxygen atoms in total. The number of nitrogens with one attached hydrogen (secondary N) is 2. The molecule has 21 heavy (non-hydrogen) atoms. The second kappa shape index (κ2) is 8.20. The van der Waals surface area contributed by atoms with Crippen LogP contribution < -0.4 is 10.6 Å². The third kappa shape index (κ3) is 4.58. The van der Waals surface area contributed by atoms with Gasteiger partial charge in [0, 0.05) is 23.5 Å². The Balaban J connectivity index is 1.98. The maximum Gasteiger partial charge on any atom is 0.134 e. The first-order valence-corrected chi connectivity index (χ1v) is 8.49. The second-order valence-electron chi connectivity index (χ2n) is 4.71. The summed E-state index contributed by atoms with van der Waals surface area (Å²) in [7, 11) is 0. The van der Waals surface area contributed by atoms with Crippen LogP contribution in [-0.2, 0) is 12.8 Å². The average Bonchev–Trinajstić information content (AvgIpc) is 2.90. The number of nitrogens with zero attached hydrogens (tertiary/aromatic N) is 2. The molecular formula is C15H21ClN4S. The van der Waals surface area contributed by atoms with Gasteiger partial charge < -0.3 is 10.6 Å². The smallest absolute Gasteiger partial charge is 0.134 e. The van der Waals surface area contributed by atoms with Gasteiger partial charge in [-0.25, -0.2) is 9.97 Å². The van der Waals surface area contributed by atoms with Crippen molar-refractivity contribution in [1.29, 1.82) is 0 Å². The molecule has 6 heteroatoms. The van der Waals surface area contributed by atoms with Crippen molar-refractivity contribution in [3.8, 4) is 0 Å². The van der Waals surface area contributed by atoms with Crippen molar-refractivity contribution in [2.24, 2.45) is 0 Å². The van der Waals surface area contributed by atoms with E-state index in [9.17, 15) is 0 Å². The van der Waals surface area contributed by atoms with Crippen LogP contribution in [-0.4, -0.2) is 23.1 Å². The molecule has 114 valence electrons. The predicted octanol–water partition coefficient (Wildman–Crippen LogP) is 4.23. The van der Waals surface area contributed by atoms with Crippen molar-refractivity contribution < 1.29 is 0 Å². The lowest BCUT2D eigenvalue weighted by molar-refractivity contribution is 0.940. The molecule has 0 aliphatic heterocycles. The molecule has 0 saturated carbocycles. The maximum absolute atomic E-state index is 5.94. The molecule has 0 fully saturated rings. The van der Waals surface area contributed by atoms with Gasteiger partial charge in [-0.05, 0) is 31.4 Å². The molecule has 0 atom stereocenters. The van der Waals surface area contributed by atoms with Crippen molar-refractivity contribution >= 4 is 34.6 Å². The van der Waals surface area contributed by atoms with E-state index in [4.69, 9.17) is 11.6 Å². The number of hydrogen-bond acceptors (Lipinski definition) is 5. The van der Waals surface area contributed by atoms with E-state index in [1.54, 1.807) is 17.7 Å². The summed E-state index contributed by atoms with van der Waals surface area (Å²) in [5.74, 6) is 1.87. The first-order valence-electron chi connectivity index (χ1n) is 7.30. The lowest BCUT2D eigenvalue weighted by Gasteiger charge is -2.13. The van der Waals surface area contributed by atoms with Crippen LogP contribution >= 0.6 is 22.9 Å². The zero-order chi connectivity index (χ0) is 15.1. The van der Waals surface area contributed by atoms with E-state index < -0.39 is 0 Å². The van der Waals surface area contributed by atoms with E-state index in [2.05, 4.69) is 40.5 Å². The topological polar surface area (TPSA) is 49.8 Å². The Kier molecular flexibility index (Phi) is 6.26. The normalized spacial score (nSPS) is 10.6. The van der Waals surface area contributed by atoms with Gasteiger partial charge in [-0.1, -0.05) is 25.4 Å². The quantitative estimate of drug-likeness (QED) is 0.763. The van der Waals surface area contributed by atoms with E-state index in [-0.39, 0.29) is 0 Å². The van der Waals surface area contributed by atoms with Crippen LogP contribution in [0.4, 0.5) is 11.6 Å². The van der Waals surface area contributed by atoms with E-state index in [1.807, 2.05) is 6.07 Å². The Morgan fingerprint density at radius 3 is 2.38 bits per heavy atom.